The van der Waals surface area contributed by atoms with Gasteiger partial charge in [-0.25, -0.2) is 9.67 Å². The van der Waals surface area contributed by atoms with Crippen LogP contribution in [0.1, 0.15) is 16.2 Å². The lowest BCUT2D eigenvalue weighted by Gasteiger charge is -2.04. The number of halogens is 4. The molecule has 2 rings (SSSR count). The molecule has 0 saturated carbocycles. The summed E-state index contributed by atoms with van der Waals surface area (Å²) in [5, 5.41) is 3.83. The van der Waals surface area contributed by atoms with Gasteiger partial charge in [0, 0.05) is 11.9 Å². The van der Waals surface area contributed by atoms with Gasteiger partial charge in [-0.05, 0) is 25.1 Å². The molecular formula is C11H7ClF3N3O. The van der Waals surface area contributed by atoms with Gasteiger partial charge in [-0.15, -0.1) is 0 Å². The van der Waals surface area contributed by atoms with Crippen LogP contribution < -0.4 is 0 Å². The smallest absolute Gasteiger partial charge is 0.282 e. The summed E-state index contributed by atoms with van der Waals surface area (Å²) >= 11 is 5.88. The van der Waals surface area contributed by atoms with E-state index in [-0.39, 0.29) is 10.8 Å². The van der Waals surface area contributed by atoms with Crippen LogP contribution in [0.4, 0.5) is 13.2 Å². The first-order valence-electron chi connectivity index (χ1n) is 5.10. The Bertz CT molecular complexity index is 636. The number of nitrogens with zero attached hydrogens (tertiary/aromatic N) is 3. The Hall–Kier alpha value is -1.89. The summed E-state index contributed by atoms with van der Waals surface area (Å²) in [6.07, 6.45) is -3.53. The molecule has 100 valence electrons. The van der Waals surface area contributed by atoms with Crippen LogP contribution in [0.2, 0.25) is 5.02 Å². The molecule has 2 heterocycles. The van der Waals surface area contributed by atoms with Crippen molar-refractivity contribution in [1.82, 2.24) is 14.8 Å². The van der Waals surface area contributed by atoms with Crippen molar-refractivity contribution >= 4 is 17.4 Å². The van der Waals surface area contributed by atoms with Gasteiger partial charge >= 0.3 is 6.18 Å². The van der Waals surface area contributed by atoms with Crippen molar-refractivity contribution in [3.05, 3.63) is 40.8 Å². The third-order valence-electron chi connectivity index (χ3n) is 2.32. The Morgan fingerprint density at radius 2 is 2.11 bits per heavy atom. The number of pyridine rings is 1. The molecule has 0 amide bonds. The number of carbonyl (C=O) groups excluding carboxylic acids is 1. The van der Waals surface area contributed by atoms with Crippen LogP contribution in [0.25, 0.3) is 5.82 Å². The zero-order valence-electron chi connectivity index (χ0n) is 9.57. The van der Waals surface area contributed by atoms with E-state index in [1.165, 1.54) is 19.2 Å². The molecule has 2 aromatic rings. The molecule has 0 saturated heterocycles. The molecule has 0 aliphatic rings. The van der Waals surface area contributed by atoms with Crippen molar-refractivity contribution in [3.63, 3.8) is 0 Å². The maximum absolute atomic E-state index is 12.3. The van der Waals surface area contributed by atoms with E-state index in [0.29, 0.717) is 5.69 Å². The lowest BCUT2D eigenvalue weighted by atomic mass is 10.2. The molecule has 0 radical (unpaired) electrons. The maximum atomic E-state index is 12.3. The lowest BCUT2D eigenvalue weighted by Crippen LogP contribution is -2.23. The fraction of sp³-hybridized carbons (Fsp3) is 0.182. The van der Waals surface area contributed by atoms with E-state index in [2.05, 4.69) is 10.1 Å². The largest absolute Gasteiger partial charge is 0.456 e. The van der Waals surface area contributed by atoms with Crippen LogP contribution in [0.15, 0.2) is 24.4 Å². The second kappa shape index (κ2) is 4.65. The highest BCUT2D eigenvalue weighted by Crippen LogP contribution is 2.23. The first-order chi connectivity index (χ1) is 8.80. The summed E-state index contributed by atoms with van der Waals surface area (Å²) < 4.78 is 38.0. The standard InChI is InChI=1S/C11H7ClF3N3O/c1-6-5-8(9(19)11(13,14)15)17-18(6)10-7(12)3-2-4-16-10/h2-5H,1H3. The first kappa shape index (κ1) is 13.5. The Labute approximate surface area is 110 Å². The van der Waals surface area contributed by atoms with E-state index >= 15 is 0 Å². The van der Waals surface area contributed by atoms with Crippen LogP contribution in [-0.4, -0.2) is 26.7 Å². The van der Waals surface area contributed by atoms with Gasteiger partial charge in [0.15, 0.2) is 5.82 Å². The summed E-state index contributed by atoms with van der Waals surface area (Å²) in [6, 6.07) is 4.14. The Balaban J connectivity index is 2.49. The van der Waals surface area contributed by atoms with Crippen molar-refractivity contribution in [2.75, 3.05) is 0 Å². The van der Waals surface area contributed by atoms with Crippen molar-refractivity contribution in [2.24, 2.45) is 0 Å². The number of hydrogen-bond acceptors (Lipinski definition) is 3. The number of Topliss-reactive ketones (excluding diaryl/α,β-unsaturated/α-hetero) is 1. The molecule has 0 atom stereocenters. The highest BCUT2D eigenvalue weighted by atomic mass is 35.5. The quantitative estimate of drug-likeness (QED) is 0.799. The van der Waals surface area contributed by atoms with Crippen molar-refractivity contribution in [1.29, 1.82) is 0 Å². The highest BCUT2D eigenvalue weighted by Gasteiger charge is 2.41. The van der Waals surface area contributed by atoms with E-state index in [9.17, 15) is 18.0 Å². The topological polar surface area (TPSA) is 47.8 Å². The minimum Gasteiger partial charge on any atom is -0.282 e. The molecule has 2 aromatic heterocycles. The van der Waals surface area contributed by atoms with Gasteiger partial charge in [0.25, 0.3) is 5.78 Å². The molecule has 0 bridgehead atoms. The van der Waals surface area contributed by atoms with Gasteiger partial charge in [-0.3, -0.25) is 4.79 Å². The fourth-order valence-electron chi connectivity index (χ4n) is 1.48. The lowest BCUT2D eigenvalue weighted by molar-refractivity contribution is -0.0888. The number of aromatic nitrogens is 3. The number of alkyl halides is 3. The first-order valence-corrected chi connectivity index (χ1v) is 5.47. The van der Waals surface area contributed by atoms with E-state index in [0.717, 1.165) is 10.7 Å². The molecule has 0 aliphatic heterocycles. The summed E-state index contributed by atoms with van der Waals surface area (Å²) in [4.78, 5) is 15.0. The van der Waals surface area contributed by atoms with E-state index in [4.69, 9.17) is 11.6 Å². The normalized spacial score (nSPS) is 11.6. The summed E-state index contributed by atoms with van der Waals surface area (Å²) in [7, 11) is 0. The van der Waals surface area contributed by atoms with Gasteiger partial charge in [0.05, 0.1) is 5.02 Å². The van der Waals surface area contributed by atoms with E-state index in [1.54, 1.807) is 6.07 Å². The number of rotatable bonds is 2. The van der Waals surface area contributed by atoms with E-state index in [1.807, 2.05) is 0 Å². The second-order valence-electron chi connectivity index (χ2n) is 3.72. The second-order valence-corrected chi connectivity index (χ2v) is 4.13. The number of carbonyl (C=O) groups is 1. The Morgan fingerprint density at radius 3 is 2.68 bits per heavy atom. The molecule has 0 N–H and O–H groups in total. The van der Waals surface area contributed by atoms with Crippen molar-refractivity contribution in [2.45, 2.75) is 13.1 Å². The van der Waals surface area contributed by atoms with Crippen LogP contribution in [0.3, 0.4) is 0 Å². The van der Waals surface area contributed by atoms with Crippen LogP contribution in [0, 0.1) is 6.92 Å². The van der Waals surface area contributed by atoms with Crippen molar-refractivity contribution in [3.8, 4) is 5.82 Å². The van der Waals surface area contributed by atoms with Crippen molar-refractivity contribution < 1.29 is 18.0 Å². The number of ketones is 1. The third-order valence-corrected chi connectivity index (χ3v) is 2.61. The molecule has 8 heteroatoms. The highest BCUT2D eigenvalue weighted by molar-refractivity contribution is 6.32. The van der Waals surface area contributed by atoms with Crippen LogP contribution in [0.5, 0.6) is 0 Å². The summed E-state index contributed by atoms with van der Waals surface area (Å²) in [5.74, 6) is -1.83. The maximum Gasteiger partial charge on any atom is 0.456 e. The fourth-order valence-corrected chi connectivity index (χ4v) is 1.68. The minimum absolute atomic E-state index is 0.169. The molecular weight excluding hydrogens is 283 g/mol. The average molecular weight is 290 g/mol. The zero-order chi connectivity index (χ0) is 14.2. The predicted molar refractivity (Wildman–Crippen MR) is 61.5 cm³/mol. The van der Waals surface area contributed by atoms with Gasteiger partial charge in [-0.2, -0.15) is 18.3 Å². The van der Waals surface area contributed by atoms with Gasteiger partial charge < -0.3 is 0 Å². The Morgan fingerprint density at radius 1 is 1.42 bits per heavy atom. The van der Waals surface area contributed by atoms with Crippen LogP contribution in [-0.2, 0) is 0 Å². The number of hydrogen-bond donors (Lipinski definition) is 0. The van der Waals surface area contributed by atoms with Gasteiger partial charge in [0.1, 0.15) is 5.69 Å². The molecule has 19 heavy (non-hydrogen) atoms. The molecule has 0 aromatic carbocycles. The molecule has 0 fully saturated rings. The Kier molecular flexibility index (Phi) is 3.32. The summed E-state index contributed by atoms with van der Waals surface area (Å²) in [6.45, 7) is 1.51. The van der Waals surface area contributed by atoms with E-state index < -0.39 is 17.7 Å². The number of aryl methyl sites for hydroxylation is 1. The SMILES string of the molecule is Cc1cc(C(=O)C(F)(F)F)nn1-c1ncccc1Cl. The van der Waals surface area contributed by atoms with Crippen LogP contribution >= 0.6 is 11.6 Å². The average Bonchev–Trinajstić information content (AvgIpc) is 2.69. The minimum atomic E-state index is -4.96. The molecule has 0 aliphatic carbocycles. The molecule has 0 spiro atoms. The predicted octanol–water partition coefficient (Wildman–Crippen LogP) is 2.97. The third kappa shape index (κ3) is 2.60. The monoisotopic (exact) mass is 289 g/mol. The molecule has 0 unspecified atom stereocenters. The van der Waals surface area contributed by atoms with Gasteiger partial charge in [0.2, 0.25) is 0 Å². The summed E-state index contributed by atoms with van der Waals surface area (Å²) in [5.41, 5.74) is -0.361. The molecule has 4 nitrogen and oxygen atoms in total. The zero-order valence-corrected chi connectivity index (χ0v) is 10.3. The van der Waals surface area contributed by atoms with Gasteiger partial charge in [-0.1, -0.05) is 11.6 Å².